The van der Waals surface area contributed by atoms with Crippen molar-refractivity contribution >= 4 is 17.5 Å². The SMILES string of the molecule is COc1c(C)ccc2c1C[C@@H](C1CCN(CCC(C)NC(=O)c3ccc(Cl)cc3)CC1)O[C@H]2CN. The second kappa shape index (κ2) is 11.7. The lowest BCUT2D eigenvalue weighted by Gasteiger charge is -2.41. The molecule has 0 aromatic heterocycles. The third-order valence-corrected chi connectivity index (χ3v) is 7.78. The number of nitrogens with zero attached hydrogens (tertiary/aromatic N) is 1. The van der Waals surface area contributed by atoms with E-state index in [1.165, 1.54) is 11.1 Å². The van der Waals surface area contributed by atoms with Crippen LogP contribution in [0.5, 0.6) is 5.75 Å². The van der Waals surface area contributed by atoms with Gasteiger partial charge in [-0.25, -0.2) is 0 Å². The maximum atomic E-state index is 12.4. The molecule has 0 radical (unpaired) electrons. The molecule has 0 saturated carbocycles. The van der Waals surface area contributed by atoms with Gasteiger partial charge in [-0.3, -0.25) is 4.79 Å². The second-order valence-corrected chi connectivity index (χ2v) is 10.4. The van der Waals surface area contributed by atoms with Crippen LogP contribution in [0.2, 0.25) is 5.02 Å². The third-order valence-electron chi connectivity index (χ3n) is 7.52. The van der Waals surface area contributed by atoms with E-state index in [-0.39, 0.29) is 24.2 Å². The summed E-state index contributed by atoms with van der Waals surface area (Å²) >= 11 is 5.92. The number of carbonyl (C=O) groups excluding carboxylic acids is 1. The van der Waals surface area contributed by atoms with Gasteiger partial charge in [0.15, 0.2) is 0 Å². The summed E-state index contributed by atoms with van der Waals surface area (Å²) in [5.74, 6) is 1.45. The summed E-state index contributed by atoms with van der Waals surface area (Å²) in [4.78, 5) is 14.9. The lowest BCUT2D eigenvalue weighted by molar-refractivity contribution is -0.0647. The molecular formula is C28H38ClN3O3. The summed E-state index contributed by atoms with van der Waals surface area (Å²) in [5.41, 5.74) is 10.3. The van der Waals surface area contributed by atoms with E-state index in [1.807, 2.05) is 0 Å². The first-order chi connectivity index (χ1) is 16.9. The number of benzene rings is 2. The van der Waals surface area contributed by atoms with Crippen LogP contribution in [0.15, 0.2) is 36.4 Å². The largest absolute Gasteiger partial charge is 0.496 e. The Morgan fingerprint density at radius 3 is 2.60 bits per heavy atom. The summed E-state index contributed by atoms with van der Waals surface area (Å²) in [6.45, 7) is 7.71. The Bertz CT molecular complexity index is 1010. The highest BCUT2D eigenvalue weighted by molar-refractivity contribution is 6.30. The summed E-state index contributed by atoms with van der Waals surface area (Å²) in [5, 5.41) is 3.73. The van der Waals surface area contributed by atoms with Crippen LogP contribution in [-0.4, -0.2) is 56.2 Å². The van der Waals surface area contributed by atoms with E-state index in [0.29, 0.717) is 23.0 Å². The zero-order chi connectivity index (χ0) is 24.9. The van der Waals surface area contributed by atoms with E-state index in [9.17, 15) is 4.79 Å². The second-order valence-electron chi connectivity index (χ2n) is 9.94. The summed E-state index contributed by atoms with van der Waals surface area (Å²) in [7, 11) is 1.75. The molecule has 2 aliphatic rings. The van der Waals surface area contributed by atoms with Gasteiger partial charge < -0.3 is 25.4 Å². The van der Waals surface area contributed by atoms with Gasteiger partial charge in [0.25, 0.3) is 5.91 Å². The molecule has 4 rings (SSSR count). The summed E-state index contributed by atoms with van der Waals surface area (Å²) < 4.78 is 12.3. The number of carbonyl (C=O) groups is 1. The third kappa shape index (κ3) is 6.18. The maximum Gasteiger partial charge on any atom is 0.251 e. The van der Waals surface area contributed by atoms with Crippen LogP contribution >= 0.6 is 11.6 Å². The smallest absolute Gasteiger partial charge is 0.251 e. The van der Waals surface area contributed by atoms with Crippen molar-refractivity contribution in [3.8, 4) is 5.75 Å². The fourth-order valence-electron chi connectivity index (χ4n) is 5.46. The average Bonchev–Trinajstić information content (AvgIpc) is 2.87. The van der Waals surface area contributed by atoms with E-state index in [1.54, 1.807) is 31.4 Å². The standard InChI is InChI=1S/C28H38ClN3O3/c1-18-4-9-23-24(27(18)34-3)16-25(35-26(23)17-30)20-11-14-32(15-12-20)13-10-19(2)31-28(33)21-5-7-22(29)8-6-21/h4-9,19-20,25-26H,10-17,30H2,1-3H3,(H,31,33)/t19?,25-,26-/m0/s1. The summed E-state index contributed by atoms with van der Waals surface area (Å²) in [6, 6.07) is 11.4. The van der Waals surface area contributed by atoms with Gasteiger partial charge in [0.05, 0.1) is 19.3 Å². The lowest BCUT2D eigenvalue weighted by atomic mass is 9.83. The van der Waals surface area contributed by atoms with E-state index in [0.717, 1.165) is 56.6 Å². The Kier molecular flexibility index (Phi) is 8.71. The van der Waals surface area contributed by atoms with E-state index in [4.69, 9.17) is 26.8 Å². The van der Waals surface area contributed by atoms with Gasteiger partial charge in [0.2, 0.25) is 0 Å². The number of ether oxygens (including phenoxy) is 2. The minimum Gasteiger partial charge on any atom is -0.496 e. The molecule has 35 heavy (non-hydrogen) atoms. The highest BCUT2D eigenvalue weighted by atomic mass is 35.5. The fraction of sp³-hybridized carbons (Fsp3) is 0.536. The number of likely N-dealkylation sites (tertiary alicyclic amines) is 1. The van der Waals surface area contributed by atoms with Crippen molar-refractivity contribution in [1.29, 1.82) is 0 Å². The predicted octanol–water partition coefficient (Wildman–Crippen LogP) is 4.52. The zero-order valence-corrected chi connectivity index (χ0v) is 21.8. The molecule has 7 heteroatoms. The van der Waals surface area contributed by atoms with Crippen LogP contribution in [0.4, 0.5) is 0 Å². The number of methoxy groups -OCH3 is 1. The first-order valence-electron chi connectivity index (χ1n) is 12.7. The molecular weight excluding hydrogens is 462 g/mol. The molecule has 3 atom stereocenters. The molecule has 1 amide bonds. The topological polar surface area (TPSA) is 76.8 Å². The minimum atomic E-state index is -0.0682. The molecule has 2 aromatic rings. The molecule has 0 bridgehead atoms. The van der Waals surface area contributed by atoms with Crippen LogP contribution < -0.4 is 15.8 Å². The average molecular weight is 500 g/mol. The maximum absolute atomic E-state index is 12.4. The lowest BCUT2D eigenvalue weighted by Crippen LogP contribution is -2.43. The van der Waals surface area contributed by atoms with E-state index < -0.39 is 0 Å². The molecule has 190 valence electrons. The molecule has 0 spiro atoms. The number of nitrogens with two attached hydrogens (primary N) is 1. The van der Waals surface area contributed by atoms with Crippen molar-refractivity contribution in [2.45, 2.75) is 57.8 Å². The Balaban J connectivity index is 1.27. The number of amides is 1. The van der Waals surface area contributed by atoms with Gasteiger partial charge in [0.1, 0.15) is 5.75 Å². The molecule has 2 heterocycles. The highest BCUT2D eigenvalue weighted by Crippen LogP contribution is 2.40. The van der Waals surface area contributed by atoms with Crippen molar-refractivity contribution in [2.24, 2.45) is 11.7 Å². The number of nitrogens with one attached hydrogen (secondary N) is 1. The molecule has 6 nitrogen and oxygen atoms in total. The van der Waals surface area contributed by atoms with Crippen molar-refractivity contribution < 1.29 is 14.3 Å². The number of piperidine rings is 1. The van der Waals surface area contributed by atoms with Crippen molar-refractivity contribution in [3.63, 3.8) is 0 Å². The highest BCUT2D eigenvalue weighted by Gasteiger charge is 2.35. The number of halogens is 1. The molecule has 1 fully saturated rings. The first-order valence-corrected chi connectivity index (χ1v) is 13.1. The van der Waals surface area contributed by atoms with Gasteiger partial charge in [-0.05, 0) is 87.5 Å². The van der Waals surface area contributed by atoms with Gasteiger partial charge in [-0.2, -0.15) is 0 Å². The van der Waals surface area contributed by atoms with Crippen LogP contribution in [0.25, 0.3) is 0 Å². The van der Waals surface area contributed by atoms with E-state index >= 15 is 0 Å². The number of hydrogen-bond donors (Lipinski definition) is 2. The predicted molar refractivity (Wildman–Crippen MR) is 140 cm³/mol. The van der Waals surface area contributed by atoms with Crippen molar-refractivity contribution in [2.75, 3.05) is 33.3 Å². The molecule has 2 aromatic carbocycles. The minimum absolute atomic E-state index is 0.0530. The van der Waals surface area contributed by atoms with Gasteiger partial charge in [-0.15, -0.1) is 0 Å². The van der Waals surface area contributed by atoms with Crippen LogP contribution in [-0.2, 0) is 11.2 Å². The Morgan fingerprint density at radius 2 is 1.94 bits per heavy atom. The Labute approximate surface area is 214 Å². The molecule has 2 aliphatic heterocycles. The van der Waals surface area contributed by atoms with Crippen LogP contribution in [0.1, 0.15) is 59.3 Å². The van der Waals surface area contributed by atoms with Crippen LogP contribution in [0.3, 0.4) is 0 Å². The van der Waals surface area contributed by atoms with E-state index in [2.05, 4.69) is 36.2 Å². The van der Waals surface area contributed by atoms with Crippen LogP contribution in [0, 0.1) is 12.8 Å². The number of rotatable bonds is 8. The fourth-order valence-corrected chi connectivity index (χ4v) is 5.58. The normalized spacial score (nSPS) is 21.9. The van der Waals surface area contributed by atoms with Gasteiger partial charge in [0, 0.05) is 41.7 Å². The van der Waals surface area contributed by atoms with Gasteiger partial charge in [-0.1, -0.05) is 23.7 Å². The Morgan fingerprint density at radius 1 is 1.23 bits per heavy atom. The first kappa shape index (κ1) is 26.0. The number of fused-ring (bicyclic) bond motifs is 1. The number of aryl methyl sites for hydroxylation is 1. The van der Waals surface area contributed by atoms with Crippen molar-refractivity contribution in [1.82, 2.24) is 10.2 Å². The zero-order valence-electron chi connectivity index (χ0n) is 21.1. The molecule has 1 unspecified atom stereocenters. The monoisotopic (exact) mass is 499 g/mol. The van der Waals surface area contributed by atoms with Gasteiger partial charge >= 0.3 is 0 Å². The molecule has 3 N–H and O–H groups in total. The van der Waals surface area contributed by atoms with Crippen molar-refractivity contribution in [3.05, 3.63) is 63.7 Å². The number of hydrogen-bond acceptors (Lipinski definition) is 5. The molecule has 0 aliphatic carbocycles. The molecule has 1 saturated heterocycles. The summed E-state index contributed by atoms with van der Waals surface area (Å²) in [6.07, 6.45) is 4.12. The quantitative estimate of drug-likeness (QED) is 0.558. The Hall–Kier alpha value is -2.12.